The lowest BCUT2D eigenvalue weighted by molar-refractivity contribution is -0.0533. The van der Waals surface area contributed by atoms with E-state index in [9.17, 15) is 14.5 Å². The van der Waals surface area contributed by atoms with Crippen LogP contribution >= 0.6 is 7.82 Å². The quantitative estimate of drug-likeness (QED) is 0.389. The third-order valence-electron chi connectivity index (χ3n) is 2.90. The van der Waals surface area contributed by atoms with Gasteiger partial charge in [-0.2, -0.15) is 0 Å². The molecule has 0 spiro atoms. The second kappa shape index (κ2) is 5.78. The number of nitrogens with two attached hydrogens (primary N) is 1. The van der Waals surface area contributed by atoms with E-state index in [1.807, 2.05) is 0 Å². The van der Waals surface area contributed by atoms with Crippen molar-refractivity contribution < 1.29 is 33.5 Å². The van der Waals surface area contributed by atoms with Crippen molar-refractivity contribution in [2.45, 2.75) is 31.0 Å². The Kier molecular flexibility index (Phi) is 4.45. The summed E-state index contributed by atoms with van der Waals surface area (Å²) in [5.41, 5.74) is 5.49. The number of rotatable bonds is 4. The van der Waals surface area contributed by atoms with E-state index in [2.05, 4.69) is 9.84 Å². The standard InChI is InChI=1S/C9H16N3O7P/c10-7-1-2-12(9(14)11-7)8-3-5(13)6(19-8)4-18-20(15,16)17/h1-2,5-8,13H,3-4,10H2,(H,11,14)(H2,15,16,17)/t5-,6-,7?,8-/m1/s1. The van der Waals surface area contributed by atoms with Crippen molar-refractivity contribution in [3.05, 3.63) is 12.3 Å². The van der Waals surface area contributed by atoms with Gasteiger partial charge in [-0.1, -0.05) is 0 Å². The van der Waals surface area contributed by atoms with Crippen LogP contribution in [0.15, 0.2) is 12.3 Å². The molecule has 0 radical (unpaired) electrons. The second-order valence-corrected chi connectivity index (χ2v) is 5.68. The Morgan fingerprint density at radius 2 is 2.30 bits per heavy atom. The molecule has 0 bridgehead atoms. The zero-order valence-electron chi connectivity index (χ0n) is 10.3. The SMILES string of the molecule is NC1C=CN([C@H]2C[C@@H](O)[C@@H](COP(=O)(O)O)O2)C(=O)N1. The molecule has 2 aliphatic heterocycles. The number of ether oxygens (including phenoxy) is 1. The van der Waals surface area contributed by atoms with Crippen molar-refractivity contribution in [3.8, 4) is 0 Å². The van der Waals surface area contributed by atoms with Crippen LogP contribution in [0.1, 0.15) is 6.42 Å². The number of hydrogen-bond donors (Lipinski definition) is 5. The van der Waals surface area contributed by atoms with E-state index in [-0.39, 0.29) is 6.42 Å². The van der Waals surface area contributed by atoms with Crippen LogP contribution in [-0.2, 0) is 13.8 Å². The zero-order chi connectivity index (χ0) is 14.9. The summed E-state index contributed by atoms with van der Waals surface area (Å²) in [5.74, 6) is 0. The van der Waals surface area contributed by atoms with Gasteiger partial charge in [-0.3, -0.25) is 9.42 Å². The average molecular weight is 309 g/mol. The average Bonchev–Trinajstić information content (AvgIpc) is 2.67. The summed E-state index contributed by atoms with van der Waals surface area (Å²) < 4.78 is 20.3. The van der Waals surface area contributed by atoms with Crippen LogP contribution in [0.2, 0.25) is 0 Å². The Morgan fingerprint density at radius 1 is 1.60 bits per heavy atom. The fourth-order valence-electron chi connectivity index (χ4n) is 1.95. The number of aliphatic hydroxyl groups is 1. The molecule has 2 heterocycles. The number of nitrogens with one attached hydrogen (secondary N) is 1. The van der Waals surface area contributed by atoms with Crippen LogP contribution in [0.5, 0.6) is 0 Å². The summed E-state index contributed by atoms with van der Waals surface area (Å²) in [7, 11) is -4.63. The fourth-order valence-corrected chi connectivity index (χ4v) is 2.29. The third-order valence-corrected chi connectivity index (χ3v) is 3.39. The molecule has 1 fully saturated rings. The first-order chi connectivity index (χ1) is 9.26. The van der Waals surface area contributed by atoms with E-state index in [4.69, 9.17) is 20.3 Å². The number of aliphatic hydroxyl groups excluding tert-OH is 1. The lowest BCUT2D eigenvalue weighted by Gasteiger charge is -2.30. The topological polar surface area (TPSA) is 155 Å². The van der Waals surface area contributed by atoms with Crippen molar-refractivity contribution in [3.63, 3.8) is 0 Å². The molecule has 11 heteroatoms. The van der Waals surface area contributed by atoms with E-state index in [0.29, 0.717) is 0 Å². The predicted octanol–water partition coefficient (Wildman–Crippen LogP) is -1.60. The van der Waals surface area contributed by atoms with Crippen molar-refractivity contribution in [2.24, 2.45) is 5.73 Å². The zero-order valence-corrected chi connectivity index (χ0v) is 11.2. The Bertz CT molecular complexity index is 453. The van der Waals surface area contributed by atoms with Crippen LogP contribution in [0.4, 0.5) is 4.79 Å². The summed E-state index contributed by atoms with van der Waals surface area (Å²) in [6.45, 7) is -0.472. The number of carbonyl (C=O) groups is 1. The maximum atomic E-state index is 11.7. The molecule has 1 unspecified atom stereocenters. The molecule has 0 aliphatic carbocycles. The van der Waals surface area contributed by atoms with Gasteiger partial charge in [0.15, 0.2) is 0 Å². The number of hydrogen-bond acceptors (Lipinski definition) is 6. The highest BCUT2D eigenvalue weighted by atomic mass is 31.2. The maximum Gasteiger partial charge on any atom is 0.469 e. The molecule has 0 aromatic rings. The Hall–Kier alpha value is -1.00. The highest BCUT2D eigenvalue weighted by molar-refractivity contribution is 7.46. The molecule has 20 heavy (non-hydrogen) atoms. The van der Waals surface area contributed by atoms with Gasteiger partial charge in [0.25, 0.3) is 0 Å². The molecule has 114 valence electrons. The van der Waals surface area contributed by atoms with E-state index in [0.717, 1.165) is 0 Å². The first-order valence-corrected chi connectivity index (χ1v) is 7.35. The van der Waals surface area contributed by atoms with Crippen LogP contribution in [-0.4, -0.2) is 57.0 Å². The predicted molar refractivity (Wildman–Crippen MR) is 64.8 cm³/mol. The van der Waals surface area contributed by atoms with Crippen LogP contribution < -0.4 is 11.1 Å². The second-order valence-electron chi connectivity index (χ2n) is 4.44. The molecule has 1 saturated heterocycles. The first kappa shape index (κ1) is 15.4. The highest BCUT2D eigenvalue weighted by Gasteiger charge is 2.40. The number of carbonyl (C=O) groups excluding carboxylic acids is 1. The number of amides is 2. The summed E-state index contributed by atoms with van der Waals surface area (Å²) in [6.07, 6.45) is -0.183. The molecule has 0 saturated carbocycles. The minimum atomic E-state index is -4.63. The van der Waals surface area contributed by atoms with E-state index >= 15 is 0 Å². The number of phosphoric acid groups is 1. The van der Waals surface area contributed by atoms with E-state index in [1.165, 1.54) is 17.2 Å². The number of phosphoric ester groups is 1. The van der Waals surface area contributed by atoms with Crippen molar-refractivity contribution in [1.82, 2.24) is 10.2 Å². The van der Waals surface area contributed by atoms with Gasteiger partial charge in [0, 0.05) is 12.6 Å². The van der Waals surface area contributed by atoms with Gasteiger partial charge in [-0.05, 0) is 6.08 Å². The van der Waals surface area contributed by atoms with Gasteiger partial charge in [-0.15, -0.1) is 0 Å². The third kappa shape index (κ3) is 3.76. The Balaban J connectivity index is 1.95. The molecule has 2 aliphatic rings. The molecular formula is C9H16N3O7P. The summed E-state index contributed by atoms with van der Waals surface area (Å²) in [4.78, 5) is 30.1. The van der Waals surface area contributed by atoms with Gasteiger partial charge in [0.05, 0.1) is 18.9 Å². The molecule has 0 aromatic carbocycles. The number of urea groups is 1. The minimum Gasteiger partial charge on any atom is -0.390 e. The van der Waals surface area contributed by atoms with Crippen LogP contribution in [0.3, 0.4) is 0 Å². The van der Waals surface area contributed by atoms with Crippen molar-refractivity contribution >= 4 is 13.9 Å². The van der Waals surface area contributed by atoms with Crippen LogP contribution in [0.25, 0.3) is 0 Å². The van der Waals surface area contributed by atoms with Gasteiger partial charge < -0.3 is 30.7 Å². The van der Waals surface area contributed by atoms with E-state index in [1.54, 1.807) is 0 Å². The summed E-state index contributed by atoms with van der Waals surface area (Å²) in [6, 6.07) is -0.478. The molecular weight excluding hydrogens is 293 g/mol. The largest absolute Gasteiger partial charge is 0.469 e. The molecule has 0 aromatic heterocycles. The number of nitrogens with zero attached hydrogens (tertiary/aromatic N) is 1. The van der Waals surface area contributed by atoms with Crippen molar-refractivity contribution in [1.29, 1.82) is 0 Å². The fraction of sp³-hybridized carbons (Fsp3) is 0.667. The smallest absolute Gasteiger partial charge is 0.390 e. The Labute approximate surface area is 114 Å². The molecule has 2 rings (SSSR count). The minimum absolute atomic E-state index is 0.0994. The summed E-state index contributed by atoms with van der Waals surface area (Å²) >= 11 is 0. The summed E-state index contributed by atoms with van der Waals surface area (Å²) in [5, 5.41) is 12.2. The highest BCUT2D eigenvalue weighted by Crippen LogP contribution is 2.37. The molecule has 2 amide bonds. The lowest BCUT2D eigenvalue weighted by atomic mass is 10.2. The Morgan fingerprint density at radius 3 is 2.90 bits per heavy atom. The van der Waals surface area contributed by atoms with Crippen LogP contribution in [0, 0.1) is 0 Å². The van der Waals surface area contributed by atoms with Crippen molar-refractivity contribution in [2.75, 3.05) is 6.61 Å². The van der Waals surface area contributed by atoms with Gasteiger partial charge in [0.2, 0.25) is 0 Å². The molecule has 6 N–H and O–H groups in total. The van der Waals surface area contributed by atoms with E-state index < -0.39 is 45.1 Å². The first-order valence-electron chi connectivity index (χ1n) is 5.82. The normalized spacial score (nSPS) is 34.4. The van der Waals surface area contributed by atoms with Gasteiger partial charge >= 0.3 is 13.9 Å². The monoisotopic (exact) mass is 309 g/mol. The molecule has 10 nitrogen and oxygen atoms in total. The molecule has 4 atom stereocenters. The maximum absolute atomic E-state index is 11.7. The van der Waals surface area contributed by atoms with Gasteiger partial charge in [-0.25, -0.2) is 9.36 Å². The lowest BCUT2D eigenvalue weighted by Crippen LogP contribution is -2.52. The van der Waals surface area contributed by atoms with Gasteiger partial charge in [0.1, 0.15) is 12.3 Å².